The highest BCUT2D eigenvalue weighted by molar-refractivity contribution is 7.52. The van der Waals surface area contributed by atoms with Crippen molar-refractivity contribution in [3.8, 4) is 0 Å². The molecule has 3 aromatic rings. The predicted octanol–water partition coefficient (Wildman–Crippen LogP) is 3.52. The van der Waals surface area contributed by atoms with Crippen molar-refractivity contribution in [3.63, 3.8) is 0 Å². The number of fused-ring (bicyclic) bond motifs is 2. The second-order valence-corrected chi connectivity index (χ2v) is 11.7. The van der Waals surface area contributed by atoms with Crippen LogP contribution < -0.4 is 0 Å². The molecule has 5 atom stereocenters. The maximum atomic E-state index is 13.0. The van der Waals surface area contributed by atoms with Crippen LogP contribution in [0.1, 0.15) is 25.6 Å². The smallest absolute Gasteiger partial charge is 0.328 e. The Morgan fingerprint density at radius 2 is 1.89 bits per heavy atom. The molecule has 2 unspecified atom stereocenters. The van der Waals surface area contributed by atoms with E-state index in [0.717, 1.165) is 5.56 Å². The predicted molar refractivity (Wildman–Crippen MR) is 136 cm³/mol. The fourth-order valence-corrected chi connectivity index (χ4v) is 5.20. The second kappa shape index (κ2) is 10.2. The second-order valence-electron chi connectivity index (χ2n) is 9.69. The molecule has 0 bridgehead atoms. The Balaban J connectivity index is 1.34. The minimum atomic E-state index is -3.36. The van der Waals surface area contributed by atoms with Crippen LogP contribution in [0.3, 0.4) is 0 Å². The lowest BCUT2D eigenvalue weighted by Gasteiger charge is -2.25. The summed E-state index contributed by atoms with van der Waals surface area (Å²) in [5.74, 6) is -0.389. The van der Waals surface area contributed by atoms with Gasteiger partial charge in [0.05, 0.1) is 25.9 Å². The Hall–Kier alpha value is -2.73. The van der Waals surface area contributed by atoms with Crippen molar-refractivity contribution in [2.24, 2.45) is 4.99 Å². The van der Waals surface area contributed by atoms with Crippen molar-refractivity contribution in [2.75, 3.05) is 27.4 Å². The maximum Gasteiger partial charge on any atom is 0.328 e. The fourth-order valence-electron chi connectivity index (χ4n) is 4.32. The summed E-state index contributed by atoms with van der Waals surface area (Å²) in [6.45, 7) is 5.32. The third kappa shape index (κ3) is 5.74. The van der Waals surface area contributed by atoms with E-state index >= 15 is 0 Å². The van der Waals surface area contributed by atoms with Crippen molar-refractivity contribution in [3.05, 3.63) is 48.5 Å². The molecule has 2 saturated heterocycles. The number of aliphatic imine (C=N–C) groups is 1. The van der Waals surface area contributed by atoms with Gasteiger partial charge in [0.2, 0.25) is 0 Å². The first kappa shape index (κ1) is 25.9. The van der Waals surface area contributed by atoms with Gasteiger partial charge in [0.1, 0.15) is 24.6 Å². The Labute approximate surface area is 215 Å². The summed E-state index contributed by atoms with van der Waals surface area (Å²) < 4.78 is 44.8. The molecule has 0 amide bonds. The van der Waals surface area contributed by atoms with Gasteiger partial charge in [0.15, 0.2) is 29.0 Å². The Morgan fingerprint density at radius 1 is 1.14 bits per heavy atom. The van der Waals surface area contributed by atoms with Gasteiger partial charge in [-0.2, -0.15) is 0 Å². The molecule has 198 valence electrons. The van der Waals surface area contributed by atoms with Crippen LogP contribution in [0.15, 0.2) is 48.0 Å². The average Bonchev–Trinajstić information content (AvgIpc) is 3.52. The molecule has 0 radical (unpaired) electrons. The van der Waals surface area contributed by atoms with Crippen molar-refractivity contribution >= 4 is 30.9 Å². The third-order valence-corrected chi connectivity index (χ3v) is 7.15. The zero-order valence-corrected chi connectivity index (χ0v) is 22.3. The maximum absolute atomic E-state index is 13.0. The van der Waals surface area contributed by atoms with E-state index in [9.17, 15) is 4.57 Å². The Kier molecular flexibility index (Phi) is 7.14. The zero-order valence-electron chi connectivity index (χ0n) is 21.4. The van der Waals surface area contributed by atoms with Gasteiger partial charge in [-0.3, -0.25) is 9.13 Å². The molecule has 5 rings (SSSR count). The lowest BCUT2D eigenvalue weighted by molar-refractivity contribution is -0.199. The molecule has 37 heavy (non-hydrogen) atoms. The first-order valence-electron chi connectivity index (χ1n) is 11.9. The first-order chi connectivity index (χ1) is 17.6. The molecule has 2 fully saturated rings. The van der Waals surface area contributed by atoms with Gasteiger partial charge in [-0.1, -0.05) is 30.3 Å². The monoisotopic (exact) mass is 530 g/mol. The topological polar surface area (TPSA) is 122 Å². The van der Waals surface area contributed by atoms with Gasteiger partial charge in [-0.05, 0) is 19.4 Å². The molecule has 0 saturated carbocycles. The molecule has 2 aliphatic rings. The number of hydrogen-bond donors (Lipinski definition) is 0. The summed E-state index contributed by atoms with van der Waals surface area (Å²) in [4.78, 5) is 19.3. The summed E-state index contributed by atoms with van der Waals surface area (Å²) in [6, 6.07) is 9.51. The molecule has 0 spiro atoms. The molecule has 12 nitrogen and oxygen atoms in total. The van der Waals surface area contributed by atoms with Gasteiger partial charge in [0.25, 0.3) is 0 Å². The van der Waals surface area contributed by atoms with E-state index in [1.807, 2.05) is 63.2 Å². The summed E-state index contributed by atoms with van der Waals surface area (Å²) in [7, 11) is 0.386. The van der Waals surface area contributed by atoms with Crippen LogP contribution in [0.2, 0.25) is 0 Å². The molecule has 2 aromatic heterocycles. The van der Waals surface area contributed by atoms with Crippen molar-refractivity contribution < 1.29 is 27.8 Å². The molecule has 1 aromatic carbocycles. The molecule has 0 N–H and O–H groups in total. The van der Waals surface area contributed by atoms with E-state index in [1.165, 1.54) is 13.0 Å². The van der Waals surface area contributed by atoms with E-state index < -0.39 is 37.9 Å². The Morgan fingerprint density at radius 3 is 2.65 bits per heavy atom. The van der Waals surface area contributed by atoms with E-state index in [4.69, 9.17) is 23.3 Å². The molecule has 2 aliphatic heterocycles. The minimum Gasteiger partial charge on any atom is -0.369 e. The largest absolute Gasteiger partial charge is 0.369 e. The van der Waals surface area contributed by atoms with Crippen LogP contribution in [-0.2, 0) is 34.4 Å². The average molecular weight is 531 g/mol. The molecular weight excluding hydrogens is 499 g/mol. The summed E-state index contributed by atoms with van der Waals surface area (Å²) in [5.41, 5.74) is 1.99. The van der Waals surface area contributed by atoms with Crippen LogP contribution in [0.4, 0.5) is 5.82 Å². The molecule has 0 aliphatic carbocycles. The zero-order chi connectivity index (χ0) is 26.2. The lowest BCUT2D eigenvalue weighted by Crippen LogP contribution is -2.32. The third-order valence-electron chi connectivity index (χ3n) is 5.93. The number of nitrogens with zero attached hydrogens (tertiary/aromatic N) is 6. The Bertz CT molecular complexity index is 1320. The standard InChI is InChI=1S/C24H31N6O6P/c1-24(2)35-19-17(12-33-37(5,31)32-11-16-9-7-6-8-10-16)34-23(20(19)36-24)30-15-27-18-21(28-14-29(3)4)25-13-26-22(18)30/h6-10,13-15,17,19-20,23H,11-12H2,1-5H3/t17-,19?,20+,23-,37?/m1/s1. The summed E-state index contributed by atoms with van der Waals surface area (Å²) >= 11 is 0. The lowest BCUT2D eigenvalue weighted by atomic mass is 10.1. The van der Waals surface area contributed by atoms with E-state index in [-0.39, 0.29) is 13.2 Å². The highest BCUT2D eigenvalue weighted by atomic mass is 31.2. The quantitative estimate of drug-likeness (QED) is 0.231. The minimum absolute atomic E-state index is 0.000331. The molecule has 4 heterocycles. The summed E-state index contributed by atoms with van der Waals surface area (Å²) in [6.07, 6.45) is 2.62. The number of hydrogen-bond acceptors (Lipinski definition) is 10. The van der Waals surface area contributed by atoms with E-state index in [1.54, 1.807) is 17.2 Å². The SMILES string of the molecule is CN(C)C=Nc1ncnc2c1ncn2[C@@H]1O[C@H](COP(C)(=O)OCc2ccccc2)C2OC(C)(C)O[C@@H]21. The highest BCUT2D eigenvalue weighted by Crippen LogP contribution is 2.48. The number of ether oxygens (including phenoxy) is 3. The van der Waals surface area contributed by atoms with Gasteiger partial charge in [0, 0.05) is 20.8 Å². The van der Waals surface area contributed by atoms with Gasteiger partial charge < -0.3 is 28.2 Å². The van der Waals surface area contributed by atoms with Crippen molar-refractivity contribution in [2.45, 2.75) is 50.8 Å². The van der Waals surface area contributed by atoms with E-state index in [2.05, 4.69) is 19.9 Å². The summed E-state index contributed by atoms with van der Waals surface area (Å²) in [5, 5.41) is 0. The number of aromatic nitrogens is 4. The van der Waals surface area contributed by atoms with Crippen molar-refractivity contribution in [1.82, 2.24) is 24.4 Å². The van der Waals surface area contributed by atoms with E-state index in [0.29, 0.717) is 17.0 Å². The fraction of sp³-hybridized carbons (Fsp3) is 0.500. The van der Waals surface area contributed by atoms with Crippen molar-refractivity contribution in [1.29, 1.82) is 0 Å². The molecule has 13 heteroatoms. The van der Waals surface area contributed by atoms with Crippen LogP contribution >= 0.6 is 7.60 Å². The normalized spacial score (nSPS) is 26.5. The van der Waals surface area contributed by atoms with Gasteiger partial charge >= 0.3 is 7.60 Å². The molecular formula is C24H31N6O6P. The number of rotatable bonds is 9. The first-order valence-corrected chi connectivity index (χ1v) is 13.9. The van der Waals surface area contributed by atoms with Crippen LogP contribution in [-0.4, -0.2) is 82.2 Å². The van der Waals surface area contributed by atoms with Gasteiger partial charge in [-0.25, -0.2) is 19.9 Å². The number of benzene rings is 1. The van der Waals surface area contributed by atoms with Crippen LogP contribution in [0.5, 0.6) is 0 Å². The van der Waals surface area contributed by atoms with Crippen LogP contribution in [0, 0.1) is 0 Å². The highest BCUT2D eigenvalue weighted by Gasteiger charge is 2.56. The van der Waals surface area contributed by atoms with Crippen LogP contribution in [0.25, 0.3) is 11.2 Å². The number of imidazole rings is 1. The van der Waals surface area contributed by atoms with Gasteiger partial charge in [-0.15, -0.1) is 0 Å².